The molecule has 7 nitrogen and oxygen atoms in total. The van der Waals surface area contributed by atoms with Crippen LogP contribution in [-0.4, -0.2) is 71.3 Å². The third-order valence-electron chi connectivity index (χ3n) is 3.93. The number of rotatable bonds is 7. The van der Waals surface area contributed by atoms with E-state index in [1.165, 1.54) is 0 Å². The van der Waals surface area contributed by atoms with Crippen LogP contribution in [0.1, 0.15) is 36.5 Å². The van der Waals surface area contributed by atoms with Crippen LogP contribution in [0, 0.1) is 0 Å². The Morgan fingerprint density at radius 3 is 2.73 bits per heavy atom. The molecular formula is C15H26N4O3. The molecule has 1 aliphatic rings. The molecule has 22 heavy (non-hydrogen) atoms. The quantitative estimate of drug-likeness (QED) is 0.754. The molecule has 0 spiro atoms. The van der Waals surface area contributed by atoms with Gasteiger partial charge in [-0.1, -0.05) is 12.1 Å². The van der Waals surface area contributed by atoms with Crippen LogP contribution in [0.25, 0.3) is 0 Å². The standard InChI is InChI=1S/C15H26N4O3/c1-3-18-6-8-19(9-7-18)11-13-10-14(17-22-13)15(21)16-5-4-12(2)20/h10,12,20H,3-9,11H2,1-2H3,(H,16,21)/t12-/m0/s1. The van der Waals surface area contributed by atoms with Crippen LogP contribution < -0.4 is 5.32 Å². The summed E-state index contributed by atoms with van der Waals surface area (Å²) in [5, 5.41) is 15.7. The van der Waals surface area contributed by atoms with Crippen molar-refractivity contribution in [2.24, 2.45) is 0 Å². The van der Waals surface area contributed by atoms with Crippen LogP contribution in [0.4, 0.5) is 0 Å². The van der Waals surface area contributed by atoms with E-state index in [-0.39, 0.29) is 5.91 Å². The molecule has 0 bridgehead atoms. The number of nitrogens with one attached hydrogen (secondary N) is 1. The average molecular weight is 310 g/mol. The van der Waals surface area contributed by atoms with Crippen molar-refractivity contribution in [3.63, 3.8) is 0 Å². The third-order valence-corrected chi connectivity index (χ3v) is 3.93. The first kappa shape index (κ1) is 16.9. The van der Waals surface area contributed by atoms with E-state index in [0.29, 0.717) is 31.0 Å². The number of hydrogen-bond acceptors (Lipinski definition) is 6. The summed E-state index contributed by atoms with van der Waals surface area (Å²) in [6.07, 6.45) is 0.105. The van der Waals surface area contributed by atoms with E-state index in [2.05, 4.69) is 27.2 Å². The smallest absolute Gasteiger partial charge is 0.273 e. The molecule has 0 saturated carbocycles. The molecule has 0 radical (unpaired) electrons. The summed E-state index contributed by atoms with van der Waals surface area (Å²) in [6.45, 7) is 10.2. The molecule has 1 fully saturated rings. The molecular weight excluding hydrogens is 284 g/mol. The maximum absolute atomic E-state index is 11.9. The number of aromatic nitrogens is 1. The maximum Gasteiger partial charge on any atom is 0.273 e. The first-order chi connectivity index (χ1) is 10.6. The first-order valence-electron chi connectivity index (χ1n) is 7.95. The van der Waals surface area contributed by atoms with Crippen LogP contribution in [0.5, 0.6) is 0 Å². The lowest BCUT2D eigenvalue weighted by molar-refractivity contribution is 0.0936. The van der Waals surface area contributed by atoms with Gasteiger partial charge in [0.05, 0.1) is 12.6 Å². The van der Waals surface area contributed by atoms with Crippen molar-refractivity contribution in [1.29, 1.82) is 0 Å². The summed E-state index contributed by atoms with van der Waals surface area (Å²) in [5.41, 5.74) is 0.299. The van der Waals surface area contributed by atoms with E-state index in [1.54, 1.807) is 13.0 Å². The molecule has 0 aromatic carbocycles. The average Bonchev–Trinajstić information content (AvgIpc) is 2.96. The van der Waals surface area contributed by atoms with Crippen LogP contribution in [0.15, 0.2) is 10.6 Å². The van der Waals surface area contributed by atoms with Gasteiger partial charge >= 0.3 is 0 Å². The number of hydrogen-bond donors (Lipinski definition) is 2. The second-order valence-electron chi connectivity index (χ2n) is 5.78. The van der Waals surface area contributed by atoms with Gasteiger partial charge in [0.25, 0.3) is 5.91 Å². The Balaban J connectivity index is 1.77. The minimum atomic E-state index is -0.421. The molecule has 0 unspecified atom stereocenters. The molecule has 2 N–H and O–H groups in total. The van der Waals surface area contributed by atoms with Crippen LogP contribution in [0.3, 0.4) is 0 Å². The number of likely N-dealkylation sites (N-methyl/N-ethyl adjacent to an activating group) is 1. The summed E-state index contributed by atoms with van der Waals surface area (Å²) in [6, 6.07) is 1.70. The highest BCUT2D eigenvalue weighted by Gasteiger charge is 2.18. The van der Waals surface area contributed by atoms with E-state index in [4.69, 9.17) is 9.63 Å². The summed E-state index contributed by atoms with van der Waals surface area (Å²) in [4.78, 5) is 16.6. The van der Waals surface area contributed by atoms with E-state index in [1.807, 2.05) is 0 Å². The zero-order valence-electron chi connectivity index (χ0n) is 13.4. The number of aliphatic hydroxyl groups excluding tert-OH is 1. The number of amides is 1. The Hall–Kier alpha value is -1.44. The van der Waals surface area contributed by atoms with Gasteiger partial charge in [-0.2, -0.15) is 0 Å². The van der Waals surface area contributed by atoms with Gasteiger partial charge in [-0.15, -0.1) is 0 Å². The van der Waals surface area contributed by atoms with E-state index in [9.17, 15) is 4.79 Å². The Labute approximate surface area is 131 Å². The highest BCUT2D eigenvalue weighted by Crippen LogP contribution is 2.10. The Bertz CT molecular complexity index is 467. The fourth-order valence-corrected chi connectivity index (χ4v) is 2.46. The highest BCUT2D eigenvalue weighted by atomic mass is 16.5. The van der Waals surface area contributed by atoms with Gasteiger partial charge in [-0.3, -0.25) is 9.69 Å². The summed E-state index contributed by atoms with van der Waals surface area (Å²) in [5.74, 6) is 0.456. The third kappa shape index (κ3) is 5.08. The lowest BCUT2D eigenvalue weighted by Crippen LogP contribution is -2.45. The van der Waals surface area contributed by atoms with Gasteiger partial charge in [0.15, 0.2) is 11.5 Å². The monoisotopic (exact) mass is 310 g/mol. The predicted octanol–water partition coefficient (Wildman–Crippen LogP) is 0.313. The molecule has 124 valence electrons. The van der Waals surface area contributed by atoms with Crippen molar-refractivity contribution in [1.82, 2.24) is 20.3 Å². The van der Waals surface area contributed by atoms with Gasteiger partial charge in [-0.05, 0) is 19.9 Å². The zero-order chi connectivity index (χ0) is 15.9. The summed E-state index contributed by atoms with van der Waals surface area (Å²) in [7, 11) is 0. The molecule has 1 atom stereocenters. The highest BCUT2D eigenvalue weighted by molar-refractivity contribution is 5.92. The minimum absolute atomic E-state index is 0.258. The predicted molar refractivity (Wildman–Crippen MR) is 82.5 cm³/mol. The van der Waals surface area contributed by atoms with Crippen molar-refractivity contribution in [3.05, 3.63) is 17.5 Å². The molecule has 1 amide bonds. The van der Waals surface area contributed by atoms with Crippen LogP contribution in [0.2, 0.25) is 0 Å². The summed E-state index contributed by atoms with van der Waals surface area (Å²) >= 11 is 0. The van der Waals surface area contributed by atoms with E-state index < -0.39 is 6.10 Å². The van der Waals surface area contributed by atoms with E-state index >= 15 is 0 Å². The lowest BCUT2D eigenvalue weighted by Gasteiger charge is -2.33. The van der Waals surface area contributed by atoms with E-state index in [0.717, 1.165) is 32.7 Å². The topological polar surface area (TPSA) is 81.8 Å². The fraction of sp³-hybridized carbons (Fsp3) is 0.733. The van der Waals surface area contributed by atoms with Crippen molar-refractivity contribution in [3.8, 4) is 0 Å². The van der Waals surface area contributed by atoms with Crippen molar-refractivity contribution in [2.75, 3.05) is 39.3 Å². The second kappa shape index (κ2) is 8.26. The lowest BCUT2D eigenvalue weighted by atomic mass is 10.2. The zero-order valence-corrected chi connectivity index (χ0v) is 13.4. The summed E-state index contributed by atoms with van der Waals surface area (Å²) < 4.78 is 5.25. The van der Waals surface area contributed by atoms with Crippen molar-refractivity contribution >= 4 is 5.91 Å². The molecule has 2 heterocycles. The molecule has 7 heteroatoms. The Morgan fingerprint density at radius 1 is 1.41 bits per heavy atom. The van der Waals surface area contributed by atoms with Crippen molar-refractivity contribution < 1.29 is 14.4 Å². The molecule has 0 aliphatic carbocycles. The number of carbonyl (C=O) groups excluding carboxylic acids is 1. The SMILES string of the molecule is CCN1CCN(Cc2cc(C(=O)NCC[C@H](C)O)no2)CC1. The normalized spacial score (nSPS) is 18.3. The van der Waals surface area contributed by atoms with Gasteiger partial charge in [-0.25, -0.2) is 0 Å². The molecule has 1 aromatic rings. The number of piperazine rings is 1. The number of aliphatic hydroxyl groups is 1. The molecule has 1 aromatic heterocycles. The first-order valence-corrected chi connectivity index (χ1v) is 7.95. The number of carbonyl (C=O) groups is 1. The van der Waals surface area contributed by atoms with Gasteiger partial charge in [0.1, 0.15) is 0 Å². The molecule has 1 saturated heterocycles. The van der Waals surface area contributed by atoms with Gasteiger partial charge in [0, 0.05) is 38.8 Å². The minimum Gasteiger partial charge on any atom is -0.393 e. The number of nitrogens with zero attached hydrogens (tertiary/aromatic N) is 3. The molecule has 2 rings (SSSR count). The largest absolute Gasteiger partial charge is 0.393 e. The van der Waals surface area contributed by atoms with Gasteiger partial charge in [0.2, 0.25) is 0 Å². The Morgan fingerprint density at radius 2 is 2.09 bits per heavy atom. The maximum atomic E-state index is 11.9. The second-order valence-corrected chi connectivity index (χ2v) is 5.78. The Kier molecular flexibility index (Phi) is 6.35. The van der Waals surface area contributed by atoms with Crippen LogP contribution >= 0.6 is 0 Å². The van der Waals surface area contributed by atoms with Crippen molar-refractivity contribution in [2.45, 2.75) is 32.9 Å². The van der Waals surface area contributed by atoms with Gasteiger partial charge < -0.3 is 19.8 Å². The molecule has 1 aliphatic heterocycles. The van der Waals surface area contributed by atoms with Crippen LogP contribution in [-0.2, 0) is 6.54 Å². The fourth-order valence-electron chi connectivity index (χ4n) is 2.46.